The molecule has 0 aromatic heterocycles. The van der Waals surface area contributed by atoms with Crippen LogP contribution in [0, 0.1) is 0 Å². The number of methoxy groups -OCH3 is 1. The zero-order valence-corrected chi connectivity index (χ0v) is 10.6. The van der Waals surface area contributed by atoms with Gasteiger partial charge in [-0.1, -0.05) is 36.4 Å². The van der Waals surface area contributed by atoms with E-state index in [4.69, 9.17) is 10.5 Å². The fraction of sp³-hybridized carbons (Fsp3) is 0.0588. The summed E-state index contributed by atoms with van der Waals surface area (Å²) >= 11 is 0. The Hall–Kier alpha value is -2.48. The van der Waals surface area contributed by atoms with Crippen LogP contribution in [-0.4, -0.2) is 7.11 Å². The first-order valence-electron chi connectivity index (χ1n) is 6.29. The second kappa shape index (κ2) is 3.51. The van der Waals surface area contributed by atoms with E-state index in [2.05, 4.69) is 42.5 Å². The molecule has 0 atom stereocenters. The summed E-state index contributed by atoms with van der Waals surface area (Å²) in [5, 5.41) is 7.12. The molecule has 0 fully saturated rings. The lowest BCUT2D eigenvalue weighted by atomic mass is 9.93. The van der Waals surface area contributed by atoms with Crippen LogP contribution in [0.15, 0.2) is 48.5 Å². The molecular formula is C17H13NO. The summed E-state index contributed by atoms with van der Waals surface area (Å²) < 4.78 is 5.53. The molecule has 0 amide bonds. The lowest BCUT2D eigenvalue weighted by Crippen LogP contribution is -1.92. The minimum absolute atomic E-state index is 0.824. The van der Waals surface area contributed by atoms with Crippen molar-refractivity contribution in [2.24, 2.45) is 0 Å². The fourth-order valence-corrected chi connectivity index (χ4v) is 2.99. The van der Waals surface area contributed by atoms with Gasteiger partial charge in [0.05, 0.1) is 7.11 Å². The number of hydrogen-bond acceptors (Lipinski definition) is 2. The Bertz CT molecular complexity index is 911. The van der Waals surface area contributed by atoms with Crippen LogP contribution in [-0.2, 0) is 0 Å². The predicted molar refractivity (Wildman–Crippen MR) is 81.1 cm³/mol. The smallest absolute Gasteiger partial charge is 0.127 e. The van der Waals surface area contributed by atoms with Crippen LogP contribution in [0.5, 0.6) is 5.75 Å². The van der Waals surface area contributed by atoms with E-state index < -0.39 is 0 Å². The Balaban J connectivity index is 2.42. The van der Waals surface area contributed by atoms with E-state index in [1.165, 1.54) is 21.5 Å². The molecule has 0 radical (unpaired) electrons. The molecule has 0 aliphatic heterocycles. The molecule has 0 spiro atoms. The first-order chi connectivity index (χ1) is 9.29. The van der Waals surface area contributed by atoms with E-state index in [0.29, 0.717) is 0 Å². The SMILES string of the molecule is COc1cc2ccc(N)c3ccc4cccc1c4c23. The minimum Gasteiger partial charge on any atom is -0.496 e. The molecule has 2 heteroatoms. The number of nitrogen functional groups attached to an aromatic ring is 1. The molecular weight excluding hydrogens is 234 g/mol. The van der Waals surface area contributed by atoms with Crippen molar-refractivity contribution in [1.29, 1.82) is 0 Å². The maximum atomic E-state index is 6.11. The topological polar surface area (TPSA) is 35.2 Å². The molecule has 92 valence electrons. The highest BCUT2D eigenvalue weighted by molar-refractivity contribution is 6.26. The number of anilines is 1. The maximum absolute atomic E-state index is 6.11. The fourth-order valence-electron chi connectivity index (χ4n) is 2.99. The molecule has 0 unspecified atom stereocenters. The summed E-state index contributed by atoms with van der Waals surface area (Å²) in [6.07, 6.45) is 0. The van der Waals surface area contributed by atoms with Crippen LogP contribution in [0.25, 0.3) is 32.3 Å². The highest BCUT2D eigenvalue weighted by Crippen LogP contribution is 2.40. The van der Waals surface area contributed by atoms with Gasteiger partial charge in [-0.2, -0.15) is 0 Å². The Morgan fingerprint density at radius 1 is 0.842 bits per heavy atom. The van der Waals surface area contributed by atoms with Crippen LogP contribution in [0.1, 0.15) is 0 Å². The molecule has 19 heavy (non-hydrogen) atoms. The van der Waals surface area contributed by atoms with E-state index >= 15 is 0 Å². The van der Waals surface area contributed by atoms with Gasteiger partial charge in [-0.3, -0.25) is 0 Å². The van der Waals surface area contributed by atoms with Crippen molar-refractivity contribution in [2.75, 3.05) is 12.8 Å². The van der Waals surface area contributed by atoms with E-state index in [1.54, 1.807) is 7.11 Å². The number of ether oxygens (including phenoxy) is 1. The monoisotopic (exact) mass is 247 g/mol. The molecule has 0 bridgehead atoms. The summed E-state index contributed by atoms with van der Waals surface area (Å²) in [4.78, 5) is 0. The van der Waals surface area contributed by atoms with Crippen molar-refractivity contribution in [3.8, 4) is 5.75 Å². The molecule has 0 saturated heterocycles. The highest BCUT2D eigenvalue weighted by Gasteiger charge is 2.12. The summed E-state index contributed by atoms with van der Waals surface area (Å²) in [6.45, 7) is 0. The number of rotatable bonds is 1. The molecule has 0 heterocycles. The number of nitrogens with two attached hydrogens (primary N) is 1. The quantitative estimate of drug-likeness (QED) is 0.404. The van der Waals surface area contributed by atoms with Crippen LogP contribution < -0.4 is 10.5 Å². The molecule has 0 saturated carbocycles. The average Bonchev–Trinajstić information content (AvgIpc) is 2.46. The largest absolute Gasteiger partial charge is 0.496 e. The second-order valence-electron chi connectivity index (χ2n) is 4.85. The van der Waals surface area contributed by atoms with E-state index in [1.807, 2.05) is 6.07 Å². The summed E-state index contributed by atoms with van der Waals surface area (Å²) in [5.74, 6) is 0.912. The van der Waals surface area contributed by atoms with E-state index in [9.17, 15) is 0 Å². The van der Waals surface area contributed by atoms with E-state index in [0.717, 1.165) is 22.2 Å². The third-order valence-corrected chi connectivity index (χ3v) is 3.86. The van der Waals surface area contributed by atoms with Crippen LogP contribution in [0.2, 0.25) is 0 Å². The Labute approximate surface area is 110 Å². The van der Waals surface area contributed by atoms with E-state index in [-0.39, 0.29) is 0 Å². The average molecular weight is 247 g/mol. The van der Waals surface area contributed by atoms with Gasteiger partial charge in [0, 0.05) is 21.8 Å². The van der Waals surface area contributed by atoms with Gasteiger partial charge in [0.25, 0.3) is 0 Å². The zero-order valence-electron chi connectivity index (χ0n) is 10.6. The number of benzene rings is 4. The minimum atomic E-state index is 0.824. The third-order valence-electron chi connectivity index (χ3n) is 3.86. The van der Waals surface area contributed by atoms with Gasteiger partial charge in [0.15, 0.2) is 0 Å². The first kappa shape index (κ1) is 10.4. The number of hydrogen-bond donors (Lipinski definition) is 1. The maximum Gasteiger partial charge on any atom is 0.127 e. The Morgan fingerprint density at radius 2 is 1.63 bits per heavy atom. The summed E-state index contributed by atoms with van der Waals surface area (Å²) in [6, 6.07) is 16.6. The van der Waals surface area contributed by atoms with Gasteiger partial charge >= 0.3 is 0 Å². The lowest BCUT2D eigenvalue weighted by Gasteiger charge is -2.14. The van der Waals surface area contributed by atoms with Crippen LogP contribution >= 0.6 is 0 Å². The van der Waals surface area contributed by atoms with Crippen molar-refractivity contribution >= 4 is 38.0 Å². The predicted octanol–water partition coefficient (Wildman–Crippen LogP) is 4.17. The van der Waals surface area contributed by atoms with Crippen molar-refractivity contribution < 1.29 is 4.74 Å². The Morgan fingerprint density at radius 3 is 2.47 bits per heavy atom. The molecule has 0 aliphatic rings. The standard InChI is InChI=1S/C17H13NO/c1-19-15-9-11-6-8-14(18)12-7-5-10-3-2-4-13(15)16(10)17(11)12/h2-9H,18H2,1H3. The lowest BCUT2D eigenvalue weighted by molar-refractivity contribution is 0.420. The summed E-state index contributed by atoms with van der Waals surface area (Å²) in [7, 11) is 1.72. The molecule has 4 aromatic carbocycles. The van der Waals surface area contributed by atoms with Gasteiger partial charge in [-0.05, 0) is 28.3 Å². The van der Waals surface area contributed by atoms with Crippen LogP contribution in [0.3, 0.4) is 0 Å². The normalized spacial score (nSPS) is 11.6. The molecule has 2 nitrogen and oxygen atoms in total. The first-order valence-corrected chi connectivity index (χ1v) is 6.29. The molecule has 0 aliphatic carbocycles. The van der Waals surface area contributed by atoms with Gasteiger partial charge in [-0.15, -0.1) is 0 Å². The third kappa shape index (κ3) is 1.26. The summed E-state index contributed by atoms with van der Waals surface area (Å²) in [5.41, 5.74) is 6.93. The molecule has 4 rings (SSSR count). The van der Waals surface area contributed by atoms with Crippen LogP contribution in [0.4, 0.5) is 5.69 Å². The Kier molecular flexibility index (Phi) is 1.93. The molecule has 2 N–H and O–H groups in total. The second-order valence-corrected chi connectivity index (χ2v) is 4.85. The zero-order chi connectivity index (χ0) is 13.0. The van der Waals surface area contributed by atoms with Gasteiger partial charge < -0.3 is 10.5 Å². The van der Waals surface area contributed by atoms with Crippen molar-refractivity contribution in [3.63, 3.8) is 0 Å². The van der Waals surface area contributed by atoms with Crippen molar-refractivity contribution in [3.05, 3.63) is 48.5 Å². The molecule has 4 aromatic rings. The van der Waals surface area contributed by atoms with Crippen molar-refractivity contribution in [2.45, 2.75) is 0 Å². The highest BCUT2D eigenvalue weighted by atomic mass is 16.5. The van der Waals surface area contributed by atoms with Gasteiger partial charge in [0.2, 0.25) is 0 Å². The van der Waals surface area contributed by atoms with Gasteiger partial charge in [0.1, 0.15) is 5.75 Å². The van der Waals surface area contributed by atoms with Crippen molar-refractivity contribution in [1.82, 2.24) is 0 Å². The van der Waals surface area contributed by atoms with Gasteiger partial charge in [-0.25, -0.2) is 0 Å².